The number of para-hydroxylation sites is 1. The lowest BCUT2D eigenvalue weighted by Gasteiger charge is -2.28. The second-order valence-corrected chi connectivity index (χ2v) is 5.27. The monoisotopic (exact) mass is 310 g/mol. The fraction of sp³-hybridized carbons (Fsp3) is 0.222. The largest absolute Gasteiger partial charge is 0.478 e. The summed E-state index contributed by atoms with van der Waals surface area (Å²) in [6.07, 6.45) is 1.69. The first kappa shape index (κ1) is 15.2. The number of ether oxygens (including phenoxy) is 1. The highest BCUT2D eigenvalue weighted by Crippen LogP contribution is 2.19. The van der Waals surface area contributed by atoms with Crippen LogP contribution in [-0.4, -0.2) is 43.6 Å². The van der Waals surface area contributed by atoms with Crippen molar-refractivity contribution in [2.24, 2.45) is 4.99 Å². The van der Waals surface area contributed by atoms with Crippen LogP contribution in [0.25, 0.3) is 0 Å². The van der Waals surface area contributed by atoms with Crippen molar-refractivity contribution in [2.45, 2.75) is 0 Å². The van der Waals surface area contributed by atoms with E-state index in [-0.39, 0.29) is 5.56 Å². The number of aliphatic imine (C=N–C) groups is 1. The highest BCUT2D eigenvalue weighted by atomic mass is 16.5. The van der Waals surface area contributed by atoms with E-state index < -0.39 is 5.97 Å². The Hall–Kier alpha value is -2.66. The summed E-state index contributed by atoms with van der Waals surface area (Å²) in [5.74, 6) is -0.972. The van der Waals surface area contributed by atoms with Crippen molar-refractivity contribution in [3.63, 3.8) is 0 Å². The quantitative estimate of drug-likeness (QED) is 0.882. The maximum atomic E-state index is 11.2. The van der Waals surface area contributed by atoms with E-state index in [1.807, 2.05) is 12.1 Å². The molecule has 0 saturated carbocycles. The van der Waals surface area contributed by atoms with E-state index in [4.69, 9.17) is 9.84 Å². The molecule has 1 aliphatic heterocycles. The van der Waals surface area contributed by atoms with E-state index in [1.165, 1.54) is 0 Å². The Kier molecular flexibility index (Phi) is 4.68. The van der Waals surface area contributed by atoms with Crippen molar-refractivity contribution in [2.75, 3.05) is 31.2 Å². The van der Waals surface area contributed by atoms with Crippen molar-refractivity contribution in [3.05, 3.63) is 59.7 Å². The van der Waals surface area contributed by atoms with Crippen LogP contribution in [-0.2, 0) is 4.74 Å². The molecule has 0 bridgehead atoms. The number of anilines is 1. The molecule has 0 atom stereocenters. The van der Waals surface area contributed by atoms with Crippen LogP contribution in [0.5, 0.6) is 0 Å². The van der Waals surface area contributed by atoms with Gasteiger partial charge in [-0.25, -0.2) is 4.79 Å². The Morgan fingerprint density at radius 1 is 1.09 bits per heavy atom. The molecule has 0 aliphatic carbocycles. The van der Waals surface area contributed by atoms with Gasteiger partial charge in [-0.15, -0.1) is 0 Å². The Bertz CT molecular complexity index is 704. The molecule has 23 heavy (non-hydrogen) atoms. The summed E-state index contributed by atoms with van der Waals surface area (Å²) in [4.78, 5) is 17.7. The first-order chi connectivity index (χ1) is 11.2. The van der Waals surface area contributed by atoms with Gasteiger partial charge >= 0.3 is 5.97 Å². The molecular weight excluding hydrogens is 292 g/mol. The number of benzene rings is 2. The van der Waals surface area contributed by atoms with E-state index in [1.54, 1.807) is 30.5 Å². The third-order valence-electron chi connectivity index (χ3n) is 3.76. The van der Waals surface area contributed by atoms with Crippen molar-refractivity contribution >= 4 is 23.6 Å². The molecule has 5 heteroatoms. The summed E-state index contributed by atoms with van der Waals surface area (Å²) in [7, 11) is 0. The summed E-state index contributed by atoms with van der Waals surface area (Å²) < 4.78 is 5.35. The predicted octanol–water partition coefficient (Wildman–Crippen LogP) is 2.97. The van der Waals surface area contributed by atoms with Gasteiger partial charge in [0, 0.05) is 25.0 Å². The molecule has 1 fully saturated rings. The highest BCUT2D eigenvalue weighted by molar-refractivity contribution is 5.95. The molecule has 0 amide bonds. The van der Waals surface area contributed by atoms with E-state index in [0.29, 0.717) is 5.69 Å². The van der Waals surface area contributed by atoms with Crippen LogP contribution in [0.4, 0.5) is 11.4 Å². The number of hydrogen-bond acceptors (Lipinski definition) is 4. The van der Waals surface area contributed by atoms with Crippen LogP contribution >= 0.6 is 0 Å². The lowest BCUT2D eigenvalue weighted by Crippen LogP contribution is -2.36. The third kappa shape index (κ3) is 3.76. The molecule has 1 saturated heterocycles. The van der Waals surface area contributed by atoms with E-state index in [0.717, 1.165) is 37.6 Å². The second-order valence-electron chi connectivity index (χ2n) is 5.27. The van der Waals surface area contributed by atoms with E-state index in [9.17, 15) is 4.79 Å². The Morgan fingerprint density at radius 3 is 2.48 bits per heavy atom. The fourth-order valence-electron chi connectivity index (χ4n) is 2.50. The maximum absolute atomic E-state index is 11.2. The third-order valence-corrected chi connectivity index (χ3v) is 3.76. The maximum Gasteiger partial charge on any atom is 0.337 e. The second kappa shape index (κ2) is 7.07. The zero-order valence-corrected chi connectivity index (χ0v) is 12.7. The molecule has 0 radical (unpaired) electrons. The SMILES string of the molecule is O=C(O)c1ccccc1/N=C/c1ccc(N2CCOCC2)cc1. The van der Waals surface area contributed by atoms with Gasteiger partial charge in [0.15, 0.2) is 0 Å². The zero-order chi connectivity index (χ0) is 16.1. The van der Waals surface area contributed by atoms with Crippen LogP contribution in [0.1, 0.15) is 15.9 Å². The Morgan fingerprint density at radius 2 is 1.78 bits per heavy atom. The normalized spacial score (nSPS) is 15.0. The van der Waals surface area contributed by atoms with Gasteiger partial charge in [0.25, 0.3) is 0 Å². The summed E-state index contributed by atoms with van der Waals surface area (Å²) >= 11 is 0. The van der Waals surface area contributed by atoms with Gasteiger partial charge < -0.3 is 14.7 Å². The number of aromatic carboxylic acids is 1. The molecule has 0 spiro atoms. The average Bonchev–Trinajstić information content (AvgIpc) is 2.61. The van der Waals surface area contributed by atoms with Crippen molar-refractivity contribution in [3.8, 4) is 0 Å². The first-order valence-corrected chi connectivity index (χ1v) is 7.53. The van der Waals surface area contributed by atoms with Crippen molar-refractivity contribution < 1.29 is 14.6 Å². The lowest BCUT2D eigenvalue weighted by atomic mass is 10.1. The molecule has 0 unspecified atom stereocenters. The minimum Gasteiger partial charge on any atom is -0.478 e. The standard InChI is InChI=1S/C18H18N2O3/c21-18(22)16-3-1-2-4-17(16)19-13-14-5-7-15(8-6-14)20-9-11-23-12-10-20/h1-8,13H,9-12H2,(H,21,22)/b19-13+. The van der Waals surface area contributed by atoms with Crippen LogP contribution in [0.15, 0.2) is 53.5 Å². The van der Waals surface area contributed by atoms with Gasteiger partial charge in [-0.2, -0.15) is 0 Å². The molecule has 3 rings (SSSR count). The molecular formula is C18H18N2O3. The smallest absolute Gasteiger partial charge is 0.337 e. The van der Waals surface area contributed by atoms with E-state index in [2.05, 4.69) is 22.0 Å². The number of hydrogen-bond donors (Lipinski definition) is 1. The van der Waals surface area contributed by atoms with Crippen molar-refractivity contribution in [1.82, 2.24) is 0 Å². The first-order valence-electron chi connectivity index (χ1n) is 7.53. The van der Waals surface area contributed by atoms with Gasteiger partial charge in [0.2, 0.25) is 0 Å². The Balaban J connectivity index is 1.74. The number of nitrogens with zero attached hydrogens (tertiary/aromatic N) is 2. The Labute approximate surface area is 134 Å². The van der Waals surface area contributed by atoms with Gasteiger partial charge in [0.05, 0.1) is 24.5 Å². The van der Waals surface area contributed by atoms with Gasteiger partial charge in [0.1, 0.15) is 0 Å². The average molecular weight is 310 g/mol. The fourth-order valence-corrected chi connectivity index (χ4v) is 2.50. The molecule has 118 valence electrons. The molecule has 1 heterocycles. The molecule has 0 aromatic heterocycles. The summed E-state index contributed by atoms with van der Waals surface area (Å²) in [6, 6.07) is 14.8. The number of carboxylic acid groups (broad SMARTS) is 1. The molecule has 5 nitrogen and oxygen atoms in total. The molecule has 1 N–H and O–H groups in total. The van der Waals surface area contributed by atoms with Crippen LogP contribution in [0.2, 0.25) is 0 Å². The number of carboxylic acids is 1. The highest BCUT2D eigenvalue weighted by Gasteiger charge is 2.10. The zero-order valence-electron chi connectivity index (χ0n) is 12.7. The predicted molar refractivity (Wildman–Crippen MR) is 90.1 cm³/mol. The van der Waals surface area contributed by atoms with Crippen LogP contribution < -0.4 is 4.90 Å². The molecule has 1 aliphatic rings. The summed E-state index contributed by atoms with van der Waals surface area (Å²) in [5.41, 5.74) is 2.75. The van der Waals surface area contributed by atoms with E-state index >= 15 is 0 Å². The van der Waals surface area contributed by atoms with Gasteiger partial charge in [-0.1, -0.05) is 24.3 Å². The summed E-state index contributed by atoms with van der Waals surface area (Å²) in [6.45, 7) is 3.32. The number of carbonyl (C=O) groups is 1. The minimum absolute atomic E-state index is 0.202. The van der Waals surface area contributed by atoms with Crippen LogP contribution in [0.3, 0.4) is 0 Å². The molecule has 2 aromatic carbocycles. The summed E-state index contributed by atoms with van der Waals surface area (Å²) in [5, 5.41) is 9.15. The lowest BCUT2D eigenvalue weighted by molar-refractivity contribution is 0.0698. The topological polar surface area (TPSA) is 62.1 Å². The molecule has 2 aromatic rings. The number of morpholine rings is 1. The van der Waals surface area contributed by atoms with Crippen molar-refractivity contribution in [1.29, 1.82) is 0 Å². The van der Waals surface area contributed by atoms with Gasteiger partial charge in [-0.3, -0.25) is 4.99 Å². The minimum atomic E-state index is -0.972. The van der Waals surface area contributed by atoms with Crippen LogP contribution in [0, 0.1) is 0 Å². The number of rotatable bonds is 4. The van der Waals surface area contributed by atoms with Gasteiger partial charge in [-0.05, 0) is 29.8 Å².